The number of rotatable bonds is 0. The summed E-state index contributed by atoms with van der Waals surface area (Å²) in [6.45, 7) is 0. The summed E-state index contributed by atoms with van der Waals surface area (Å²) in [5.74, 6) is 0.429. The summed E-state index contributed by atoms with van der Waals surface area (Å²) in [6, 6.07) is 0. The van der Waals surface area contributed by atoms with E-state index in [1.807, 2.05) is 0 Å². The van der Waals surface area contributed by atoms with E-state index in [4.69, 9.17) is 19.9 Å². The van der Waals surface area contributed by atoms with Gasteiger partial charge >= 0.3 is 7.32 Å². The Balaban J connectivity index is 2.22. The van der Waals surface area contributed by atoms with Crippen molar-refractivity contribution in [2.24, 2.45) is 0 Å². The Morgan fingerprint density at radius 2 is 2.17 bits per heavy atom. The molecular weight excluding hydrogens is 165 g/mol. The number of nitrogen functional groups attached to an aromatic ring is 1. The van der Waals surface area contributed by atoms with E-state index in [0.717, 1.165) is 5.23 Å². The van der Waals surface area contributed by atoms with Gasteiger partial charge in [0.05, 0.1) is 0 Å². The molecule has 0 saturated carbocycles. The quantitative estimate of drug-likeness (QED) is 0.467. The molecular formula is C3H2BN5O3. The Morgan fingerprint density at radius 3 is 3.00 bits per heavy atom. The number of aromatic nitrogens is 3. The van der Waals surface area contributed by atoms with Gasteiger partial charge in [-0.05, 0) is 5.21 Å². The molecule has 4 rings (SSSR count). The summed E-state index contributed by atoms with van der Waals surface area (Å²) in [4.78, 5) is 0. The first-order valence-electron chi connectivity index (χ1n) is 3.14. The van der Waals surface area contributed by atoms with Crippen LogP contribution in [-0.4, -0.2) is 22.7 Å². The van der Waals surface area contributed by atoms with Crippen molar-refractivity contribution >= 4 is 18.8 Å². The molecule has 1 aromatic heterocycles. The second-order valence-corrected chi connectivity index (χ2v) is 2.21. The molecule has 1 fully saturated rings. The number of nitrogens with zero attached hydrogens (tertiary/aromatic N) is 4. The van der Waals surface area contributed by atoms with E-state index < -0.39 is 7.32 Å². The first-order chi connectivity index (χ1) is 5.84. The molecule has 4 heterocycles. The fraction of sp³-hybridized carbons (Fsp3) is 0. The summed E-state index contributed by atoms with van der Waals surface area (Å²) < 4.78 is 14.8. The molecule has 1 aromatic rings. The minimum atomic E-state index is -0.789. The Bertz CT molecular complexity index is 341. The zero-order chi connectivity index (χ0) is 8.13. The van der Waals surface area contributed by atoms with Gasteiger partial charge in [-0.3, -0.25) is 0 Å². The van der Waals surface area contributed by atoms with Gasteiger partial charge in [-0.25, -0.2) is 9.51 Å². The molecule has 0 amide bonds. The van der Waals surface area contributed by atoms with Gasteiger partial charge in [0.1, 0.15) is 5.69 Å². The molecule has 0 aliphatic carbocycles. The molecule has 1 saturated heterocycles. The van der Waals surface area contributed by atoms with Crippen molar-refractivity contribution in [1.82, 2.24) is 15.4 Å². The van der Waals surface area contributed by atoms with Crippen LogP contribution in [0.15, 0.2) is 0 Å². The first kappa shape index (κ1) is 5.97. The Labute approximate surface area is 66.3 Å². The maximum absolute atomic E-state index is 5.57. The summed E-state index contributed by atoms with van der Waals surface area (Å²) in [6.07, 6.45) is 0. The predicted molar refractivity (Wildman–Crippen MR) is 35.3 cm³/mol. The average Bonchev–Trinajstić information content (AvgIpc) is 2.18. The third-order valence-electron chi connectivity index (χ3n) is 1.49. The zero-order valence-corrected chi connectivity index (χ0v) is 5.67. The van der Waals surface area contributed by atoms with Crippen LogP contribution in [0, 0.1) is 0 Å². The Morgan fingerprint density at radius 1 is 1.33 bits per heavy atom. The molecule has 0 atom stereocenters. The third-order valence-corrected chi connectivity index (χ3v) is 1.49. The van der Waals surface area contributed by atoms with Gasteiger partial charge in [0.2, 0.25) is 11.7 Å². The molecule has 3 aliphatic heterocycles. The highest BCUT2D eigenvalue weighted by atomic mass is 17.1. The van der Waals surface area contributed by atoms with Crippen molar-refractivity contribution in [2.45, 2.75) is 0 Å². The fourth-order valence-corrected chi connectivity index (χ4v) is 0.929. The van der Waals surface area contributed by atoms with Gasteiger partial charge in [0, 0.05) is 0 Å². The summed E-state index contributed by atoms with van der Waals surface area (Å²) in [5.41, 5.74) is 5.82. The van der Waals surface area contributed by atoms with Crippen molar-refractivity contribution in [3.8, 4) is 5.88 Å². The van der Waals surface area contributed by atoms with Gasteiger partial charge in [0.25, 0.3) is 0 Å². The minimum absolute atomic E-state index is 0.171. The minimum Gasteiger partial charge on any atom is -0.492 e. The van der Waals surface area contributed by atoms with Gasteiger partial charge < -0.3 is 10.4 Å². The maximum atomic E-state index is 5.57. The molecule has 60 valence electrons. The van der Waals surface area contributed by atoms with Crippen molar-refractivity contribution in [3.05, 3.63) is 0 Å². The summed E-state index contributed by atoms with van der Waals surface area (Å²) in [5, 5.41) is 11.6. The highest BCUT2D eigenvalue weighted by Gasteiger charge is 2.48. The monoisotopic (exact) mass is 167 g/mol. The molecule has 8 nitrogen and oxygen atoms in total. The standard InChI is InChI=1S/C3H2BN5O3/c5-1-2-6-8-7-3(1)10-4-11-9(2)12-4/h(H2,5,8). The van der Waals surface area contributed by atoms with Crippen LogP contribution >= 0.6 is 0 Å². The van der Waals surface area contributed by atoms with Crippen molar-refractivity contribution in [2.75, 3.05) is 11.0 Å². The fourth-order valence-electron chi connectivity index (χ4n) is 0.929. The Hall–Kier alpha value is -1.61. The molecule has 0 unspecified atom stereocenters. The van der Waals surface area contributed by atoms with Crippen LogP contribution in [0.25, 0.3) is 0 Å². The molecule has 3 aliphatic rings. The highest BCUT2D eigenvalue weighted by Crippen LogP contribution is 2.35. The SMILES string of the molecule is Nc1c2nnnc1N1OB(O2)O1. The average molecular weight is 167 g/mol. The van der Waals surface area contributed by atoms with Gasteiger partial charge in [0.15, 0.2) is 0 Å². The third kappa shape index (κ3) is 0.569. The van der Waals surface area contributed by atoms with Crippen molar-refractivity contribution in [3.63, 3.8) is 0 Å². The lowest BCUT2D eigenvalue weighted by atomic mass is 10.2. The van der Waals surface area contributed by atoms with Crippen LogP contribution in [0.5, 0.6) is 5.88 Å². The van der Waals surface area contributed by atoms with Crippen LogP contribution in [0.4, 0.5) is 11.5 Å². The second kappa shape index (κ2) is 1.76. The highest BCUT2D eigenvalue weighted by molar-refractivity contribution is 6.40. The molecule has 0 aromatic carbocycles. The number of hydrogen-bond acceptors (Lipinski definition) is 8. The summed E-state index contributed by atoms with van der Waals surface area (Å²) in [7, 11) is -0.789. The van der Waals surface area contributed by atoms with Gasteiger partial charge in [-0.2, -0.15) is 0 Å². The topological polar surface area (TPSA) is 95.6 Å². The smallest absolute Gasteiger partial charge is 0.492 e. The van der Waals surface area contributed by atoms with E-state index in [9.17, 15) is 0 Å². The molecule has 9 heteroatoms. The van der Waals surface area contributed by atoms with E-state index in [1.54, 1.807) is 0 Å². The predicted octanol–water partition coefficient (Wildman–Crippen LogP) is -1.49. The van der Waals surface area contributed by atoms with Crippen LogP contribution in [0.3, 0.4) is 0 Å². The number of hydrogen-bond donors (Lipinski definition) is 1. The van der Waals surface area contributed by atoms with Crippen LogP contribution < -0.4 is 15.6 Å². The number of anilines is 2. The van der Waals surface area contributed by atoms with Gasteiger partial charge in [-0.1, -0.05) is 5.10 Å². The number of nitrogens with two attached hydrogens (primary N) is 1. The molecule has 12 heavy (non-hydrogen) atoms. The molecule has 2 N–H and O–H groups in total. The van der Waals surface area contributed by atoms with E-state index in [0.29, 0.717) is 0 Å². The second-order valence-electron chi connectivity index (χ2n) is 2.21. The van der Waals surface area contributed by atoms with Crippen molar-refractivity contribution in [1.29, 1.82) is 0 Å². The van der Waals surface area contributed by atoms with Crippen LogP contribution in [-0.2, 0) is 9.51 Å². The van der Waals surface area contributed by atoms with E-state index in [1.165, 1.54) is 0 Å². The molecule has 4 bridgehead atoms. The lowest BCUT2D eigenvalue weighted by Crippen LogP contribution is -2.52. The maximum Gasteiger partial charge on any atom is 0.763 e. The molecule has 0 radical (unpaired) electrons. The lowest BCUT2D eigenvalue weighted by Gasteiger charge is -2.29. The summed E-state index contributed by atoms with van der Waals surface area (Å²) >= 11 is 0. The molecule has 0 spiro atoms. The van der Waals surface area contributed by atoms with Gasteiger partial charge in [-0.15, -0.1) is 10.3 Å². The Kier molecular flexibility index (Phi) is 0.876. The lowest BCUT2D eigenvalue weighted by molar-refractivity contribution is -0.0843. The largest absolute Gasteiger partial charge is 0.763 e. The normalized spacial score (nSPS) is 18.0. The first-order valence-corrected chi connectivity index (χ1v) is 3.14. The van der Waals surface area contributed by atoms with E-state index >= 15 is 0 Å². The van der Waals surface area contributed by atoms with E-state index in [-0.39, 0.29) is 17.4 Å². The van der Waals surface area contributed by atoms with E-state index in [2.05, 4.69) is 15.4 Å². The van der Waals surface area contributed by atoms with Crippen LogP contribution in [0.1, 0.15) is 0 Å². The zero-order valence-electron chi connectivity index (χ0n) is 5.67. The van der Waals surface area contributed by atoms with Crippen molar-refractivity contribution < 1.29 is 14.2 Å². The van der Waals surface area contributed by atoms with Crippen LogP contribution in [0.2, 0.25) is 0 Å².